The van der Waals surface area contributed by atoms with Crippen LogP contribution in [-0.2, 0) is 4.79 Å². The van der Waals surface area contributed by atoms with Crippen LogP contribution < -0.4 is 10.4 Å². The summed E-state index contributed by atoms with van der Waals surface area (Å²) in [5, 5.41) is 6.07. The number of hydrogen-bond acceptors (Lipinski definition) is 7. The van der Waals surface area contributed by atoms with Crippen LogP contribution in [0.25, 0.3) is 35.3 Å². The lowest BCUT2D eigenvalue weighted by Gasteiger charge is -2.43. The Morgan fingerprint density at radius 3 is 1.45 bits per heavy atom. The van der Waals surface area contributed by atoms with Crippen LogP contribution in [0, 0.1) is 0 Å². The highest BCUT2D eigenvalue weighted by molar-refractivity contribution is 8.26. The lowest BCUT2D eigenvalue weighted by molar-refractivity contribution is -0.121. The molecule has 4 aromatic rings. The molecule has 6 heterocycles. The van der Waals surface area contributed by atoms with E-state index in [-0.39, 0.29) is 5.91 Å². The van der Waals surface area contributed by atoms with E-state index < -0.39 is 8.07 Å². The standard InChI is InChI=1S/C62H95NOS6Si/c1-10-19-23-27-31-35-45(14-5)50-39-40-66-57(50)52-43-55-59(68-52)60-56(71(55,48(16-7)37-33-29-25-21-12-3)49(17-8)38-34-30-26-22-13-4)44-53(69-60)58-51(46(15-6)36-32-28-24-20-11-2)41-47(67-58)42-54-61(64)63(18-9)62(65)70-54/h39-46,48-49H,10-38H2,1-9H3. The molecule has 2 aliphatic rings. The van der Waals surface area contributed by atoms with Crippen molar-refractivity contribution in [3.05, 3.63) is 50.6 Å². The number of thioether (sulfide) groups is 1. The number of thiocarbonyl (C=S) groups is 1. The van der Waals surface area contributed by atoms with E-state index >= 15 is 0 Å². The molecule has 0 radical (unpaired) electrons. The highest BCUT2D eigenvalue weighted by Gasteiger charge is 2.56. The molecule has 71 heavy (non-hydrogen) atoms. The van der Waals surface area contributed by atoms with Gasteiger partial charge in [0.2, 0.25) is 0 Å². The lowest BCUT2D eigenvalue weighted by atomic mass is 9.90. The number of unbranched alkanes of at least 4 members (excludes halogenated alkanes) is 16. The third-order valence-electron chi connectivity index (χ3n) is 16.7. The van der Waals surface area contributed by atoms with Gasteiger partial charge >= 0.3 is 0 Å². The van der Waals surface area contributed by atoms with Gasteiger partial charge in [-0.2, -0.15) is 0 Å². The van der Waals surface area contributed by atoms with Crippen molar-refractivity contribution in [3.8, 4) is 29.3 Å². The predicted molar refractivity (Wildman–Crippen MR) is 332 cm³/mol. The van der Waals surface area contributed by atoms with Gasteiger partial charge in [-0.05, 0) is 113 Å². The van der Waals surface area contributed by atoms with E-state index in [1.54, 1.807) is 30.0 Å². The summed E-state index contributed by atoms with van der Waals surface area (Å²) in [6.07, 6.45) is 39.3. The minimum Gasteiger partial charge on any atom is -0.293 e. The van der Waals surface area contributed by atoms with Crippen molar-refractivity contribution in [3.63, 3.8) is 0 Å². The summed E-state index contributed by atoms with van der Waals surface area (Å²) >= 11 is 15.6. The van der Waals surface area contributed by atoms with Crippen LogP contribution in [0.5, 0.6) is 0 Å². The van der Waals surface area contributed by atoms with Gasteiger partial charge in [0.05, 0.1) is 4.91 Å². The molecule has 0 saturated carbocycles. The average molecular weight is 1090 g/mol. The summed E-state index contributed by atoms with van der Waals surface area (Å²) in [4.78, 5) is 26.8. The number of carbonyl (C=O) groups is 1. The second kappa shape index (κ2) is 30.4. The topological polar surface area (TPSA) is 20.3 Å². The molecular weight excluding hydrogens is 995 g/mol. The number of hydrogen-bond donors (Lipinski definition) is 0. The van der Waals surface area contributed by atoms with Gasteiger partial charge in [0.1, 0.15) is 12.4 Å². The Bertz CT molecular complexity index is 2230. The van der Waals surface area contributed by atoms with Gasteiger partial charge in [0.25, 0.3) is 5.91 Å². The van der Waals surface area contributed by atoms with E-state index in [9.17, 15) is 4.79 Å². The minimum absolute atomic E-state index is 0.0700. The molecule has 4 atom stereocenters. The molecule has 0 aliphatic carbocycles. The quantitative estimate of drug-likeness (QED) is 0.0196. The second-order valence-corrected chi connectivity index (χ2v) is 31.6. The van der Waals surface area contributed by atoms with E-state index in [0.717, 1.165) is 22.4 Å². The third-order valence-corrected chi connectivity index (χ3v) is 29.8. The highest BCUT2D eigenvalue weighted by atomic mass is 32.2. The molecule has 0 aromatic carbocycles. The van der Waals surface area contributed by atoms with Crippen molar-refractivity contribution in [2.45, 2.75) is 265 Å². The van der Waals surface area contributed by atoms with E-state index in [1.165, 1.54) is 205 Å². The molecule has 0 spiro atoms. The van der Waals surface area contributed by atoms with Crippen LogP contribution >= 0.6 is 69.3 Å². The second-order valence-electron chi connectivity index (χ2n) is 21.4. The van der Waals surface area contributed by atoms with Gasteiger partial charge in [-0.1, -0.05) is 233 Å². The Morgan fingerprint density at radius 1 is 0.535 bits per heavy atom. The van der Waals surface area contributed by atoms with E-state index in [0.29, 0.717) is 22.7 Å². The van der Waals surface area contributed by atoms with Crippen molar-refractivity contribution in [2.75, 3.05) is 6.54 Å². The van der Waals surface area contributed by atoms with Gasteiger partial charge in [-0.15, -0.1) is 45.3 Å². The van der Waals surface area contributed by atoms with Crippen LogP contribution in [0.15, 0.2) is 34.6 Å². The third kappa shape index (κ3) is 14.2. The molecule has 4 unspecified atom stereocenters. The molecule has 4 aromatic heterocycles. The Labute approximate surface area is 461 Å². The molecule has 1 fully saturated rings. The van der Waals surface area contributed by atoms with Crippen molar-refractivity contribution in [1.82, 2.24) is 4.90 Å². The Balaban J connectivity index is 1.54. The van der Waals surface area contributed by atoms with Crippen molar-refractivity contribution < 1.29 is 4.79 Å². The maximum Gasteiger partial charge on any atom is 0.266 e. The number of amides is 1. The Hall–Kier alpha value is -1.33. The van der Waals surface area contributed by atoms with Gasteiger partial charge in [0.15, 0.2) is 0 Å². The Kier molecular flexibility index (Phi) is 25.2. The fourth-order valence-corrected chi connectivity index (χ4v) is 27.7. The molecule has 9 heteroatoms. The van der Waals surface area contributed by atoms with Gasteiger partial charge in [-0.3, -0.25) is 9.69 Å². The number of fused-ring (bicyclic) bond motifs is 3. The van der Waals surface area contributed by atoms with Crippen molar-refractivity contribution in [2.24, 2.45) is 0 Å². The van der Waals surface area contributed by atoms with Crippen molar-refractivity contribution >= 4 is 104 Å². The summed E-state index contributed by atoms with van der Waals surface area (Å²) in [6.45, 7) is 22.1. The molecule has 0 bridgehead atoms. The summed E-state index contributed by atoms with van der Waals surface area (Å²) in [7, 11) is -2.35. The van der Waals surface area contributed by atoms with Crippen LogP contribution in [0.2, 0.25) is 11.1 Å². The number of rotatable bonds is 36. The fourth-order valence-electron chi connectivity index (χ4n) is 12.7. The van der Waals surface area contributed by atoms with Crippen LogP contribution in [0.3, 0.4) is 0 Å². The molecule has 394 valence electrons. The maximum atomic E-state index is 13.7. The monoisotopic (exact) mass is 1090 g/mol. The zero-order valence-corrected chi connectivity index (χ0v) is 52.0. The van der Waals surface area contributed by atoms with E-state index in [4.69, 9.17) is 12.2 Å². The molecule has 6 rings (SSSR count). The fraction of sp³-hybridized carbons (Fsp3) is 0.677. The largest absolute Gasteiger partial charge is 0.293 e. The van der Waals surface area contributed by atoms with Gasteiger partial charge < -0.3 is 0 Å². The van der Waals surface area contributed by atoms with Crippen LogP contribution in [-0.4, -0.2) is 29.7 Å². The number of nitrogens with zero attached hydrogens (tertiary/aromatic N) is 1. The highest BCUT2D eigenvalue weighted by Crippen LogP contribution is 2.56. The van der Waals surface area contributed by atoms with E-state index in [2.05, 4.69) is 114 Å². The average Bonchev–Trinajstić information content (AvgIpc) is 4.25. The lowest BCUT2D eigenvalue weighted by Crippen LogP contribution is -2.61. The maximum absolute atomic E-state index is 13.7. The number of likely N-dealkylation sites (N-methyl/N-ethyl adjacent to an activating group) is 1. The summed E-state index contributed by atoms with van der Waals surface area (Å²) < 4.78 is 0.690. The normalized spacial score (nSPS) is 18.0. The van der Waals surface area contributed by atoms with Crippen LogP contribution in [0.4, 0.5) is 0 Å². The first-order valence-electron chi connectivity index (χ1n) is 29.5. The smallest absolute Gasteiger partial charge is 0.266 e. The van der Waals surface area contributed by atoms with Gasteiger partial charge in [-0.25, -0.2) is 0 Å². The Morgan fingerprint density at radius 2 is 1.00 bits per heavy atom. The molecule has 0 N–H and O–H groups in total. The molecular formula is C62H95NOS6Si. The van der Waals surface area contributed by atoms with Gasteiger partial charge in [0, 0.05) is 40.7 Å². The summed E-state index contributed by atoms with van der Waals surface area (Å²) in [5.41, 5.74) is 4.62. The molecule has 1 saturated heterocycles. The van der Waals surface area contributed by atoms with Crippen LogP contribution in [0.1, 0.15) is 270 Å². The number of thiophene rings is 4. The minimum atomic E-state index is -2.35. The first-order valence-corrected chi connectivity index (χ1v) is 36.2. The predicted octanol–water partition coefficient (Wildman–Crippen LogP) is 22.0. The molecule has 2 nitrogen and oxygen atoms in total. The first kappa shape index (κ1) is 58.9. The molecule has 2 aliphatic heterocycles. The molecule has 1 amide bonds. The van der Waals surface area contributed by atoms with Crippen molar-refractivity contribution in [1.29, 1.82) is 0 Å². The summed E-state index contributed by atoms with van der Waals surface area (Å²) in [5.74, 6) is 1.21. The first-order chi connectivity index (χ1) is 34.7. The zero-order chi connectivity index (χ0) is 50.8. The summed E-state index contributed by atoms with van der Waals surface area (Å²) in [6, 6.07) is 10.7. The zero-order valence-electron chi connectivity index (χ0n) is 46.1. The number of carbonyl (C=O) groups excluding carboxylic acids is 1. The van der Waals surface area contributed by atoms with E-state index in [1.807, 2.05) is 40.0 Å². The SMILES string of the molecule is CCCCCCCC(CC)c1ccsc1-c1cc2c(s1)-c1sc(-c3sc(C=C4SC(=S)N(CC)C4=O)cc3C(CC)CCCCCCC)cc1[Si]2(C(CC)CCCCCCC)C(CC)CCCCCCC.